The number of fused-ring (bicyclic) bond motifs is 1. The van der Waals surface area contributed by atoms with E-state index in [4.69, 9.17) is 0 Å². The Bertz CT molecular complexity index is 498. The summed E-state index contributed by atoms with van der Waals surface area (Å²) in [5.74, 6) is 2.64. The Kier molecular flexibility index (Phi) is 4.35. The van der Waals surface area contributed by atoms with Gasteiger partial charge in [0.1, 0.15) is 0 Å². The van der Waals surface area contributed by atoms with Crippen LogP contribution >= 0.6 is 11.8 Å². The first-order valence-electron chi connectivity index (χ1n) is 8.17. The molecule has 0 bridgehead atoms. The molecule has 2 unspecified atom stereocenters. The molecule has 1 N–H and O–H groups in total. The highest BCUT2D eigenvalue weighted by molar-refractivity contribution is 7.99. The summed E-state index contributed by atoms with van der Waals surface area (Å²) in [5, 5.41) is 3.74. The Morgan fingerprint density at radius 3 is 2.86 bits per heavy atom. The molecule has 0 saturated carbocycles. The molecule has 1 aromatic rings. The summed E-state index contributed by atoms with van der Waals surface area (Å²) in [6.07, 6.45) is 0. The third-order valence-electron chi connectivity index (χ3n) is 5.11. The summed E-state index contributed by atoms with van der Waals surface area (Å²) in [7, 11) is 0. The summed E-state index contributed by atoms with van der Waals surface area (Å²) in [5.41, 5.74) is 1.83. The number of benzene rings is 1. The zero-order valence-corrected chi connectivity index (χ0v) is 14.5. The van der Waals surface area contributed by atoms with Crippen molar-refractivity contribution in [2.45, 2.75) is 50.1 Å². The number of thioether (sulfide) groups is 1. The fourth-order valence-electron chi connectivity index (χ4n) is 3.46. The van der Waals surface area contributed by atoms with Crippen LogP contribution in [0.1, 0.15) is 39.2 Å². The molecule has 0 spiro atoms. The van der Waals surface area contributed by atoms with Crippen LogP contribution < -0.4 is 5.32 Å². The summed E-state index contributed by atoms with van der Waals surface area (Å²) < 4.78 is 0. The van der Waals surface area contributed by atoms with Crippen LogP contribution in [0.3, 0.4) is 0 Å². The number of nitrogens with zero attached hydrogens (tertiary/aromatic N) is 1. The van der Waals surface area contributed by atoms with Crippen LogP contribution in [0.25, 0.3) is 0 Å². The molecule has 3 heteroatoms. The van der Waals surface area contributed by atoms with Gasteiger partial charge in [-0.2, -0.15) is 0 Å². The van der Waals surface area contributed by atoms with E-state index in [0.29, 0.717) is 17.9 Å². The number of piperazine rings is 1. The molecular formula is C18H28N2S. The van der Waals surface area contributed by atoms with E-state index in [0.717, 1.165) is 6.54 Å². The van der Waals surface area contributed by atoms with E-state index in [9.17, 15) is 0 Å². The van der Waals surface area contributed by atoms with E-state index in [1.165, 1.54) is 23.7 Å². The van der Waals surface area contributed by atoms with Gasteiger partial charge in [0.2, 0.25) is 0 Å². The van der Waals surface area contributed by atoms with Crippen LogP contribution in [-0.2, 0) is 0 Å². The van der Waals surface area contributed by atoms with E-state index in [1.807, 2.05) is 11.8 Å². The van der Waals surface area contributed by atoms with Crippen molar-refractivity contribution in [2.75, 3.05) is 25.4 Å². The summed E-state index contributed by atoms with van der Waals surface area (Å²) in [6.45, 7) is 12.9. The van der Waals surface area contributed by atoms with Crippen molar-refractivity contribution >= 4 is 11.8 Å². The van der Waals surface area contributed by atoms with E-state index in [-0.39, 0.29) is 5.54 Å². The maximum atomic E-state index is 3.74. The predicted octanol–water partition coefficient (Wildman–Crippen LogP) is 3.58. The average molecular weight is 305 g/mol. The first-order chi connectivity index (χ1) is 9.97. The van der Waals surface area contributed by atoms with Crippen LogP contribution in [0.15, 0.2) is 29.2 Å². The summed E-state index contributed by atoms with van der Waals surface area (Å²) >= 11 is 2.03. The van der Waals surface area contributed by atoms with E-state index >= 15 is 0 Å². The normalized spacial score (nSPS) is 28.8. The fourth-order valence-corrected chi connectivity index (χ4v) is 4.70. The molecule has 1 fully saturated rings. The van der Waals surface area contributed by atoms with Crippen LogP contribution in [0.2, 0.25) is 0 Å². The minimum absolute atomic E-state index is 0.258. The molecule has 2 aliphatic rings. The Morgan fingerprint density at radius 2 is 2.10 bits per heavy atom. The molecule has 0 radical (unpaired) electrons. The summed E-state index contributed by atoms with van der Waals surface area (Å²) in [6, 6.07) is 9.59. The number of rotatable bonds is 3. The Morgan fingerprint density at radius 1 is 1.33 bits per heavy atom. The third-order valence-corrected chi connectivity index (χ3v) is 6.37. The fraction of sp³-hybridized carbons (Fsp3) is 0.667. The zero-order valence-electron chi connectivity index (χ0n) is 13.7. The van der Waals surface area contributed by atoms with Crippen molar-refractivity contribution in [3.8, 4) is 0 Å². The van der Waals surface area contributed by atoms with Crippen molar-refractivity contribution in [3.05, 3.63) is 29.8 Å². The first kappa shape index (κ1) is 15.4. The van der Waals surface area contributed by atoms with Crippen molar-refractivity contribution in [3.63, 3.8) is 0 Å². The molecule has 0 aromatic heterocycles. The maximum Gasteiger partial charge on any atom is 0.0278 e. The van der Waals surface area contributed by atoms with Crippen LogP contribution in [0.4, 0.5) is 0 Å². The van der Waals surface area contributed by atoms with Gasteiger partial charge in [-0.15, -0.1) is 11.8 Å². The van der Waals surface area contributed by atoms with Gasteiger partial charge in [0.25, 0.3) is 0 Å². The molecule has 2 atom stereocenters. The van der Waals surface area contributed by atoms with Crippen LogP contribution in [-0.4, -0.2) is 41.9 Å². The molecule has 0 amide bonds. The van der Waals surface area contributed by atoms with Crippen molar-refractivity contribution in [2.24, 2.45) is 5.92 Å². The van der Waals surface area contributed by atoms with Gasteiger partial charge in [0.15, 0.2) is 0 Å². The standard InChI is InChI=1S/C18H28N2S/c1-13(2)16-10-20(18(3,4)12-19-16)9-14-11-21-17-8-6-5-7-15(14)17/h5-8,13-14,16,19H,9-12H2,1-4H3. The van der Waals surface area contributed by atoms with Gasteiger partial charge in [0, 0.05) is 47.8 Å². The molecule has 21 heavy (non-hydrogen) atoms. The van der Waals surface area contributed by atoms with Gasteiger partial charge < -0.3 is 5.32 Å². The highest BCUT2D eigenvalue weighted by Gasteiger charge is 2.37. The minimum Gasteiger partial charge on any atom is -0.311 e. The smallest absolute Gasteiger partial charge is 0.0278 e. The number of nitrogens with one attached hydrogen (secondary N) is 1. The highest BCUT2D eigenvalue weighted by Crippen LogP contribution is 2.40. The minimum atomic E-state index is 0.258. The SMILES string of the molecule is CC(C)C1CN(CC2CSc3ccccc32)C(C)(C)CN1. The number of hydrogen-bond acceptors (Lipinski definition) is 3. The van der Waals surface area contributed by atoms with Gasteiger partial charge in [-0.1, -0.05) is 32.0 Å². The van der Waals surface area contributed by atoms with Crippen molar-refractivity contribution < 1.29 is 0 Å². The molecule has 2 heterocycles. The molecule has 116 valence electrons. The molecule has 2 nitrogen and oxygen atoms in total. The summed E-state index contributed by atoms with van der Waals surface area (Å²) in [4.78, 5) is 4.22. The molecule has 1 aromatic carbocycles. The van der Waals surface area contributed by atoms with E-state index < -0.39 is 0 Å². The van der Waals surface area contributed by atoms with Gasteiger partial charge in [0.05, 0.1) is 0 Å². The molecular weight excluding hydrogens is 276 g/mol. The Labute approximate surface area is 133 Å². The van der Waals surface area contributed by atoms with Gasteiger partial charge in [-0.05, 0) is 31.4 Å². The average Bonchev–Trinajstić information content (AvgIpc) is 2.84. The third kappa shape index (κ3) is 3.15. The lowest BCUT2D eigenvalue weighted by atomic mass is 9.90. The first-order valence-corrected chi connectivity index (χ1v) is 9.16. The highest BCUT2D eigenvalue weighted by atomic mass is 32.2. The van der Waals surface area contributed by atoms with Gasteiger partial charge in [-0.25, -0.2) is 0 Å². The molecule has 1 saturated heterocycles. The lowest BCUT2D eigenvalue weighted by Crippen LogP contribution is -2.63. The van der Waals surface area contributed by atoms with Crippen molar-refractivity contribution in [1.82, 2.24) is 10.2 Å². The van der Waals surface area contributed by atoms with Crippen molar-refractivity contribution in [1.29, 1.82) is 0 Å². The van der Waals surface area contributed by atoms with Gasteiger partial charge >= 0.3 is 0 Å². The second kappa shape index (κ2) is 5.94. The molecule has 0 aliphatic carbocycles. The topological polar surface area (TPSA) is 15.3 Å². The monoisotopic (exact) mass is 304 g/mol. The lowest BCUT2D eigenvalue weighted by molar-refractivity contribution is 0.0507. The second-order valence-corrected chi connectivity index (χ2v) is 8.56. The lowest BCUT2D eigenvalue weighted by Gasteiger charge is -2.48. The van der Waals surface area contributed by atoms with E-state index in [2.05, 4.69) is 62.2 Å². The number of hydrogen-bond donors (Lipinski definition) is 1. The molecule has 2 aliphatic heterocycles. The Balaban J connectivity index is 1.74. The zero-order chi connectivity index (χ0) is 15.0. The second-order valence-electron chi connectivity index (χ2n) is 7.49. The largest absolute Gasteiger partial charge is 0.311 e. The predicted molar refractivity (Wildman–Crippen MR) is 92.2 cm³/mol. The van der Waals surface area contributed by atoms with Gasteiger partial charge in [-0.3, -0.25) is 4.90 Å². The van der Waals surface area contributed by atoms with E-state index in [1.54, 1.807) is 5.56 Å². The van der Waals surface area contributed by atoms with Crippen LogP contribution in [0, 0.1) is 5.92 Å². The maximum absolute atomic E-state index is 3.74. The van der Waals surface area contributed by atoms with Crippen LogP contribution in [0.5, 0.6) is 0 Å². The molecule has 3 rings (SSSR count). The quantitative estimate of drug-likeness (QED) is 0.919. The Hall–Kier alpha value is -0.510.